The van der Waals surface area contributed by atoms with Crippen molar-refractivity contribution in [3.05, 3.63) is 24.1 Å². The molecule has 0 saturated carbocycles. The third-order valence-corrected chi connectivity index (χ3v) is 2.67. The number of hydrogen-bond donors (Lipinski definition) is 1. The number of amides is 2. The average Bonchev–Trinajstić information content (AvgIpc) is 2.77. The van der Waals surface area contributed by atoms with Gasteiger partial charge in [-0.15, -0.1) is 0 Å². The van der Waals surface area contributed by atoms with Crippen LogP contribution in [0.1, 0.15) is 27.2 Å². The van der Waals surface area contributed by atoms with Crippen LogP contribution in [0.3, 0.4) is 0 Å². The van der Waals surface area contributed by atoms with E-state index in [1.54, 1.807) is 20.8 Å². The molecule has 118 valence electrons. The van der Waals surface area contributed by atoms with Crippen molar-refractivity contribution in [1.82, 2.24) is 9.88 Å². The number of ether oxygens (including phenoxy) is 1. The number of imide groups is 1. The van der Waals surface area contributed by atoms with Gasteiger partial charge in [-0.25, -0.2) is 19.1 Å². The molecule has 0 aliphatic carbocycles. The molecule has 22 heavy (non-hydrogen) atoms. The van der Waals surface area contributed by atoms with Crippen LogP contribution in [-0.2, 0) is 9.53 Å². The molecule has 0 radical (unpaired) electrons. The van der Waals surface area contributed by atoms with Crippen molar-refractivity contribution >= 4 is 23.5 Å². The summed E-state index contributed by atoms with van der Waals surface area (Å²) >= 11 is 0. The summed E-state index contributed by atoms with van der Waals surface area (Å²) in [5.74, 6) is -0.482. The molecule has 0 atom stereocenters. The summed E-state index contributed by atoms with van der Waals surface area (Å²) in [6.45, 7) is 5.23. The largest absolute Gasteiger partial charge is 0.443 e. The van der Waals surface area contributed by atoms with Gasteiger partial charge >= 0.3 is 6.09 Å². The van der Waals surface area contributed by atoms with Gasteiger partial charge in [0.15, 0.2) is 0 Å². The Morgan fingerprint density at radius 3 is 2.77 bits per heavy atom. The van der Waals surface area contributed by atoms with E-state index in [1.807, 2.05) is 0 Å². The van der Waals surface area contributed by atoms with Crippen LogP contribution in [0.2, 0.25) is 0 Å². The number of nitrogens with zero attached hydrogens (tertiary/aromatic N) is 3. The molecule has 7 nitrogen and oxygen atoms in total. The van der Waals surface area contributed by atoms with Crippen molar-refractivity contribution in [2.24, 2.45) is 5.10 Å². The van der Waals surface area contributed by atoms with Gasteiger partial charge in [-0.05, 0) is 32.9 Å². The second-order valence-corrected chi connectivity index (χ2v) is 5.79. The number of anilines is 1. The predicted octanol–water partition coefficient (Wildman–Crippen LogP) is 2.16. The summed E-state index contributed by atoms with van der Waals surface area (Å²) in [5.41, 5.74) is 2.42. The Labute approximate surface area is 127 Å². The molecule has 8 heteroatoms. The summed E-state index contributed by atoms with van der Waals surface area (Å²) in [6, 6.07) is 2.66. The number of likely N-dealkylation sites (tertiary alicyclic amines) is 1. The number of nitrogens with one attached hydrogen (secondary N) is 1. The Morgan fingerprint density at radius 1 is 1.45 bits per heavy atom. The summed E-state index contributed by atoms with van der Waals surface area (Å²) in [4.78, 5) is 28.5. The molecule has 2 amide bonds. The van der Waals surface area contributed by atoms with Crippen molar-refractivity contribution in [2.75, 3.05) is 12.0 Å². The first kappa shape index (κ1) is 15.9. The molecule has 0 bridgehead atoms. The Hall–Kier alpha value is -2.51. The molecule has 1 fully saturated rings. The van der Waals surface area contributed by atoms with Crippen molar-refractivity contribution in [2.45, 2.75) is 32.8 Å². The van der Waals surface area contributed by atoms with Crippen molar-refractivity contribution in [3.8, 4) is 0 Å². The molecule has 1 N–H and O–H groups in total. The predicted molar refractivity (Wildman–Crippen MR) is 77.8 cm³/mol. The van der Waals surface area contributed by atoms with Gasteiger partial charge in [-0.3, -0.25) is 10.2 Å². The van der Waals surface area contributed by atoms with E-state index in [4.69, 9.17) is 4.74 Å². The minimum absolute atomic E-state index is 0.0213. The maximum Gasteiger partial charge on any atom is 0.417 e. The molecule has 0 spiro atoms. The lowest BCUT2D eigenvalue weighted by Gasteiger charge is -2.22. The smallest absolute Gasteiger partial charge is 0.417 e. The van der Waals surface area contributed by atoms with Crippen molar-refractivity contribution in [3.63, 3.8) is 0 Å². The van der Waals surface area contributed by atoms with Gasteiger partial charge in [0.2, 0.25) is 5.91 Å². The highest BCUT2D eigenvalue weighted by molar-refractivity contribution is 6.13. The van der Waals surface area contributed by atoms with E-state index in [0.29, 0.717) is 11.5 Å². The first-order valence-electron chi connectivity index (χ1n) is 6.71. The van der Waals surface area contributed by atoms with E-state index in [0.717, 1.165) is 11.1 Å². The molecule has 1 saturated heterocycles. The van der Waals surface area contributed by atoms with Crippen molar-refractivity contribution < 1.29 is 18.7 Å². The molecule has 1 aliphatic rings. The summed E-state index contributed by atoms with van der Waals surface area (Å²) in [7, 11) is 0. The molecule has 2 rings (SSSR count). The standard InChI is InChI=1S/C14H17FN4O3/c1-14(2,3)22-13(21)19-8-10(6-12(19)20)17-18-11-5-4-9(15)7-16-11/h4-5,7H,6,8H2,1-3H3,(H,16,18)/b17-10+. The molecule has 1 aromatic rings. The number of hydrazone groups is 1. The minimum atomic E-state index is -0.692. The quantitative estimate of drug-likeness (QED) is 0.846. The third-order valence-electron chi connectivity index (χ3n) is 2.67. The minimum Gasteiger partial charge on any atom is -0.443 e. The lowest BCUT2D eigenvalue weighted by molar-refractivity contribution is -0.126. The number of hydrogen-bond acceptors (Lipinski definition) is 6. The van der Waals surface area contributed by atoms with Gasteiger partial charge in [0.25, 0.3) is 0 Å². The number of aromatic nitrogens is 1. The molecule has 0 unspecified atom stereocenters. The van der Waals surface area contributed by atoms with E-state index < -0.39 is 17.5 Å². The van der Waals surface area contributed by atoms with Gasteiger partial charge in [0, 0.05) is 0 Å². The number of carbonyl (C=O) groups excluding carboxylic acids is 2. The number of rotatable bonds is 2. The number of carbonyl (C=O) groups is 2. The van der Waals surface area contributed by atoms with Crippen molar-refractivity contribution in [1.29, 1.82) is 0 Å². The molecular weight excluding hydrogens is 291 g/mol. The van der Waals surface area contributed by atoms with E-state index in [1.165, 1.54) is 12.1 Å². The molecule has 2 heterocycles. The van der Waals surface area contributed by atoms with E-state index in [2.05, 4.69) is 15.5 Å². The highest BCUT2D eigenvalue weighted by Gasteiger charge is 2.34. The summed E-state index contributed by atoms with van der Waals surface area (Å²) in [6.07, 6.45) is 0.380. The van der Waals surface area contributed by atoms with Gasteiger partial charge in [0.1, 0.15) is 17.2 Å². The summed E-state index contributed by atoms with van der Waals surface area (Å²) in [5, 5.41) is 4.01. The average molecular weight is 308 g/mol. The topological polar surface area (TPSA) is 83.9 Å². The lowest BCUT2D eigenvalue weighted by Crippen LogP contribution is -2.37. The second-order valence-electron chi connectivity index (χ2n) is 5.79. The first-order chi connectivity index (χ1) is 10.2. The maximum atomic E-state index is 12.7. The van der Waals surface area contributed by atoms with Crippen LogP contribution in [0, 0.1) is 5.82 Å². The van der Waals surface area contributed by atoms with Crippen LogP contribution in [-0.4, -0.2) is 39.7 Å². The fourth-order valence-electron chi connectivity index (χ4n) is 1.73. The maximum absolute atomic E-state index is 12.7. The van der Waals surface area contributed by atoms with Gasteiger partial charge in [-0.1, -0.05) is 0 Å². The molecule has 1 aliphatic heterocycles. The normalized spacial score (nSPS) is 17.0. The van der Waals surface area contributed by atoms with E-state index in [9.17, 15) is 14.0 Å². The Kier molecular flexibility index (Phi) is 4.39. The highest BCUT2D eigenvalue weighted by atomic mass is 19.1. The van der Waals surface area contributed by atoms with Gasteiger partial charge < -0.3 is 4.74 Å². The molecular formula is C14H17FN4O3. The van der Waals surface area contributed by atoms with Crippen LogP contribution in [0.4, 0.5) is 15.0 Å². The van der Waals surface area contributed by atoms with Crippen LogP contribution in [0.15, 0.2) is 23.4 Å². The SMILES string of the molecule is CC(C)(C)OC(=O)N1C/C(=N/Nc2ccc(F)cn2)CC1=O. The van der Waals surface area contributed by atoms with E-state index in [-0.39, 0.29) is 18.9 Å². The monoisotopic (exact) mass is 308 g/mol. The number of halogens is 1. The van der Waals surface area contributed by atoms with Gasteiger partial charge in [0.05, 0.1) is 24.9 Å². The Morgan fingerprint density at radius 2 is 2.18 bits per heavy atom. The van der Waals surface area contributed by atoms with Crippen LogP contribution < -0.4 is 5.43 Å². The zero-order valence-electron chi connectivity index (χ0n) is 12.6. The lowest BCUT2D eigenvalue weighted by atomic mass is 10.2. The zero-order valence-corrected chi connectivity index (χ0v) is 12.6. The number of pyridine rings is 1. The zero-order chi connectivity index (χ0) is 16.3. The molecule has 1 aromatic heterocycles. The van der Waals surface area contributed by atoms with Crippen LogP contribution >= 0.6 is 0 Å². The first-order valence-corrected chi connectivity index (χ1v) is 6.71. The van der Waals surface area contributed by atoms with Crippen LogP contribution in [0.5, 0.6) is 0 Å². The Bertz CT molecular complexity index is 608. The molecule has 0 aromatic carbocycles. The fourth-order valence-corrected chi connectivity index (χ4v) is 1.73. The fraction of sp³-hybridized carbons (Fsp3) is 0.429. The third kappa shape index (κ3) is 4.24. The Balaban J connectivity index is 1.98. The van der Waals surface area contributed by atoms with E-state index >= 15 is 0 Å². The van der Waals surface area contributed by atoms with Gasteiger partial charge in [-0.2, -0.15) is 5.10 Å². The van der Waals surface area contributed by atoms with Crippen LogP contribution in [0.25, 0.3) is 0 Å². The second kappa shape index (κ2) is 6.08. The highest BCUT2D eigenvalue weighted by Crippen LogP contribution is 2.15. The summed E-state index contributed by atoms with van der Waals surface area (Å²) < 4.78 is 17.9.